The first-order chi connectivity index (χ1) is 12.1. The largest absolute Gasteiger partial charge is 0.378 e. The van der Waals surface area contributed by atoms with Crippen LogP contribution in [0.1, 0.15) is 0 Å². The van der Waals surface area contributed by atoms with E-state index in [-0.39, 0.29) is 10.6 Å². The van der Waals surface area contributed by atoms with Crippen molar-refractivity contribution in [2.75, 3.05) is 35.9 Å². The van der Waals surface area contributed by atoms with Crippen LogP contribution in [0, 0.1) is 0 Å². The van der Waals surface area contributed by atoms with Gasteiger partial charge < -0.3 is 9.64 Å². The fourth-order valence-corrected chi connectivity index (χ4v) is 4.30. The minimum absolute atomic E-state index is 0.0796. The average Bonchev–Trinajstić information content (AvgIpc) is 3.11. The highest BCUT2D eigenvalue weighted by molar-refractivity contribution is 7.93. The molecule has 3 heterocycles. The Labute approximate surface area is 148 Å². The Morgan fingerprint density at radius 2 is 1.88 bits per heavy atom. The van der Waals surface area contributed by atoms with Crippen LogP contribution in [0.15, 0.2) is 35.5 Å². The van der Waals surface area contributed by atoms with Crippen molar-refractivity contribution in [2.45, 2.75) is 4.90 Å². The third kappa shape index (κ3) is 3.25. The second kappa shape index (κ2) is 6.50. The first-order valence-corrected chi connectivity index (χ1v) is 9.74. The number of benzene rings is 1. The topological polar surface area (TPSA) is 110 Å². The maximum Gasteiger partial charge on any atom is 0.264 e. The van der Waals surface area contributed by atoms with Crippen LogP contribution in [-0.2, 0) is 14.8 Å². The van der Waals surface area contributed by atoms with Gasteiger partial charge in [-0.15, -0.1) is 0 Å². The van der Waals surface area contributed by atoms with Gasteiger partial charge in [0.1, 0.15) is 15.9 Å². The minimum atomic E-state index is -3.81. The van der Waals surface area contributed by atoms with E-state index >= 15 is 0 Å². The monoisotopic (exact) mass is 378 g/mol. The van der Waals surface area contributed by atoms with Gasteiger partial charge in [-0.05, 0) is 12.1 Å². The van der Waals surface area contributed by atoms with Crippen LogP contribution in [0.3, 0.4) is 0 Å². The number of fused-ring (bicyclic) bond motifs is 1. The average molecular weight is 378 g/mol. The first kappa shape index (κ1) is 16.1. The number of hydrogen-bond donors (Lipinski definition) is 1. The van der Waals surface area contributed by atoms with Crippen molar-refractivity contribution >= 4 is 44.4 Å². The normalized spacial score (nSPS) is 15.4. The molecule has 0 radical (unpaired) electrons. The molecule has 25 heavy (non-hydrogen) atoms. The molecule has 2 aromatic heterocycles. The molecule has 0 aliphatic carbocycles. The van der Waals surface area contributed by atoms with Gasteiger partial charge in [0.2, 0.25) is 5.95 Å². The number of aromatic nitrogens is 4. The Morgan fingerprint density at radius 3 is 2.64 bits per heavy atom. The van der Waals surface area contributed by atoms with Crippen molar-refractivity contribution in [3.05, 3.63) is 30.6 Å². The van der Waals surface area contributed by atoms with E-state index in [2.05, 4.69) is 23.4 Å². The van der Waals surface area contributed by atoms with Crippen LogP contribution in [0.2, 0.25) is 0 Å². The van der Waals surface area contributed by atoms with Gasteiger partial charge in [0.25, 0.3) is 10.0 Å². The molecule has 11 heteroatoms. The lowest BCUT2D eigenvalue weighted by atomic mass is 10.3. The second-order valence-electron chi connectivity index (χ2n) is 5.36. The summed E-state index contributed by atoms with van der Waals surface area (Å²) in [4.78, 5) is 10.5. The Kier molecular flexibility index (Phi) is 4.19. The molecule has 1 aliphatic rings. The molecule has 130 valence electrons. The molecule has 1 N–H and O–H groups in total. The molecule has 1 aromatic carbocycles. The zero-order chi connectivity index (χ0) is 17.3. The number of hydrogen-bond acceptors (Lipinski definition) is 9. The SMILES string of the molecule is O=S(=O)(Nc1cnc(N2CCOCC2)nc1)c1cccc2nsnc12. The first-order valence-electron chi connectivity index (χ1n) is 7.52. The van der Waals surface area contributed by atoms with E-state index in [1.165, 1.54) is 18.5 Å². The summed E-state index contributed by atoms with van der Waals surface area (Å²) in [5.74, 6) is 0.553. The third-order valence-corrected chi connectivity index (χ3v) is 5.68. The molecule has 1 fully saturated rings. The summed E-state index contributed by atoms with van der Waals surface area (Å²) in [5, 5.41) is 0. The predicted molar refractivity (Wildman–Crippen MR) is 93.3 cm³/mol. The summed E-state index contributed by atoms with van der Waals surface area (Å²) in [6, 6.07) is 4.85. The summed E-state index contributed by atoms with van der Waals surface area (Å²) >= 11 is 0.975. The standard InChI is InChI=1S/C14H14N6O3S2/c21-25(22,12-3-1-2-11-13(12)18-24-17-11)19-10-8-15-14(16-9-10)20-4-6-23-7-5-20/h1-3,8-9,19H,4-7H2. The lowest BCUT2D eigenvalue weighted by Gasteiger charge is -2.26. The van der Waals surface area contributed by atoms with Crippen LogP contribution in [0.25, 0.3) is 11.0 Å². The van der Waals surface area contributed by atoms with E-state index in [1.807, 2.05) is 4.90 Å². The molecule has 9 nitrogen and oxygen atoms in total. The van der Waals surface area contributed by atoms with Crippen LogP contribution in [0.5, 0.6) is 0 Å². The van der Waals surface area contributed by atoms with Gasteiger partial charge in [-0.3, -0.25) is 4.72 Å². The maximum atomic E-state index is 12.6. The molecule has 0 amide bonds. The molecule has 1 aliphatic heterocycles. The van der Waals surface area contributed by atoms with Crippen LogP contribution in [0.4, 0.5) is 11.6 Å². The van der Waals surface area contributed by atoms with Crippen molar-refractivity contribution in [2.24, 2.45) is 0 Å². The summed E-state index contributed by atoms with van der Waals surface area (Å²) in [6.07, 6.45) is 2.91. The highest BCUT2D eigenvalue weighted by Gasteiger charge is 2.20. The van der Waals surface area contributed by atoms with E-state index < -0.39 is 10.0 Å². The highest BCUT2D eigenvalue weighted by atomic mass is 32.2. The summed E-state index contributed by atoms with van der Waals surface area (Å²) < 4.78 is 41.2. The number of ether oxygens (including phenoxy) is 1. The maximum absolute atomic E-state index is 12.6. The zero-order valence-electron chi connectivity index (χ0n) is 13.0. The number of nitrogens with one attached hydrogen (secondary N) is 1. The molecular weight excluding hydrogens is 364 g/mol. The lowest BCUT2D eigenvalue weighted by Crippen LogP contribution is -2.37. The van der Waals surface area contributed by atoms with E-state index in [9.17, 15) is 8.42 Å². The number of morpholine rings is 1. The summed E-state index contributed by atoms with van der Waals surface area (Å²) in [6.45, 7) is 2.68. The molecule has 0 atom stereocenters. The number of rotatable bonds is 4. The lowest BCUT2D eigenvalue weighted by molar-refractivity contribution is 0.122. The summed E-state index contributed by atoms with van der Waals surface area (Å²) in [7, 11) is -3.81. The Balaban J connectivity index is 1.57. The van der Waals surface area contributed by atoms with Gasteiger partial charge in [0, 0.05) is 13.1 Å². The Morgan fingerprint density at radius 1 is 1.12 bits per heavy atom. The second-order valence-corrected chi connectivity index (χ2v) is 7.54. The predicted octanol–water partition coefficient (Wildman–Crippen LogP) is 1.12. The van der Waals surface area contributed by atoms with Gasteiger partial charge in [0.05, 0.1) is 43.0 Å². The molecule has 0 bridgehead atoms. The molecular formula is C14H14N6O3S2. The number of anilines is 2. The zero-order valence-corrected chi connectivity index (χ0v) is 14.6. The van der Waals surface area contributed by atoms with Crippen molar-refractivity contribution < 1.29 is 13.2 Å². The van der Waals surface area contributed by atoms with Gasteiger partial charge in [0.15, 0.2) is 0 Å². The highest BCUT2D eigenvalue weighted by Crippen LogP contribution is 2.23. The van der Waals surface area contributed by atoms with Gasteiger partial charge in [-0.2, -0.15) is 8.75 Å². The number of sulfonamides is 1. The molecule has 0 spiro atoms. The van der Waals surface area contributed by atoms with E-state index in [0.717, 1.165) is 11.7 Å². The molecule has 3 aromatic rings. The van der Waals surface area contributed by atoms with Crippen molar-refractivity contribution in [1.82, 2.24) is 18.7 Å². The van der Waals surface area contributed by atoms with Crippen LogP contribution >= 0.6 is 11.7 Å². The quantitative estimate of drug-likeness (QED) is 0.719. The van der Waals surface area contributed by atoms with Gasteiger partial charge in [-0.25, -0.2) is 18.4 Å². The van der Waals surface area contributed by atoms with Gasteiger partial charge >= 0.3 is 0 Å². The Hall–Kier alpha value is -2.37. The third-order valence-electron chi connectivity index (χ3n) is 3.72. The molecule has 0 saturated carbocycles. The van der Waals surface area contributed by atoms with E-state index in [1.54, 1.807) is 12.1 Å². The fraction of sp³-hybridized carbons (Fsp3) is 0.286. The van der Waals surface area contributed by atoms with E-state index in [0.29, 0.717) is 43.3 Å². The van der Waals surface area contributed by atoms with Crippen molar-refractivity contribution in [3.8, 4) is 0 Å². The Bertz CT molecular complexity index is 983. The molecule has 4 rings (SSSR count). The molecule has 0 unspecified atom stereocenters. The van der Waals surface area contributed by atoms with Crippen molar-refractivity contribution in [1.29, 1.82) is 0 Å². The van der Waals surface area contributed by atoms with E-state index in [4.69, 9.17) is 4.74 Å². The number of nitrogens with zero attached hydrogens (tertiary/aromatic N) is 5. The van der Waals surface area contributed by atoms with Crippen molar-refractivity contribution in [3.63, 3.8) is 0 Å². The van der Waals surface area contributed by atoms with Crippen LogP contribution in [-0.4, -0.2) is 53.4 Å². The summed E-state index contributed by atoms with van der Waals surface area (Å²) in [5.41, 5.74) is 1.19. The molecule has 1 saturated heterocycles. The van der Waals surface area contributed by atoms with Crippen LogP contribution < -0.4 is 9.62 Å². The minimum Gasteiger partial charge on any atom is -0.378 e. The fourth-order valence-electron chi connectivity index (χ4n) is 2.51. The smallest absolute Gasteiger partial charge is 0.264 e. The van der Waals surface area contributed by atoms with Gasteiger partial charge in [-0.1, -0.05) is 6.07 Å².